The number of nitrogen functional groups attached to an aromatic ring is 1. The summed E-state index contributed by atoms with van der Waals surface area (Å²) in [6.45, 7) is 3.92. The molecule has 0 aliphatic rings. The lowest BCUT2D eigenvalue weighted by Gasteiger charge is -2.27. The zero-order valence-corrected chi connectivity index (χ0v) is 12.6. The van der Waals surface area contributed by atoms with Crippen LogP contribution in [0.5, 0.6) is 0 Å². The lowest BCUT2D eigenvalue weighted by molar-refractivity contribution is 0.0698. The summed E-state index contributed by atoms with van der Waals surface area (Å²) < 4.78 is 0. The van der Waals surface area contributed by atoms with Crippen LogP contribution in [-0.2, 0) is 0 Å². The number of carboxylic acid groups (broad SMARTS) is 1. The number of thiophene rings is 1. The van der Waals surface area contributed by atoms with Crippen LogP contribution < -0.4 is 10.6 Å². The minimum absolute atomic E-state index is 0.158. The molecular weight excluding hydrogens is 272 g/mol. The quantitative estimate of drug-likeness (QED) is 0.845. The monoisotopic (exact) mass is 290 g/mol. The number of nitrogens with two attached hydrogens (primary N) is 1. The van der Waals surface area contributed by atoms with Crippen LogP contribution in [0, 0.1) is 6.92 Å². The minimum Gasteiger partial charge on any atom is -0.478 e. The predicted molar refractivity (Wildman–Crippen MR) is 83.7 cm³/mol. The highest BCUT2D eigenvalue weighted by Crippen LogP contribution is 2.31. The van der Waals surface area contributed by atoms with Gasteiger partial charge in [0.1, 0.15) is 0 Å². The summed E-state index contributed by atoms with van der Waals surface area (Å²) >= 11 is 1.69. The molecule has 0 aliphatic carbocycles. The number of benzene rings is 1. The maximum absolute atomic E-state index is 11.3. The van der Waals surface area contributed by atoms with Gasteiger partial charge < -0.3 is 15.7 Å². The first kappa shape index (κ1) is 14.4. The van der Waals surface area contributed by atoms with Gasteiger partial charge >= 0.3 is 5.97 Å². The molecule has 0 saturated carbocycles. The second kappa shape index (κ2) is 5.54. The first-order valence-electron chi connectivity index (χ1n) is 6.31. The van der Waals surface area contributed by atoms with Crippen molar-refractivity contribution in [2.45, 2.75) is 19.9 Å². The van der Waals surface area contributed by atoms with E-state index in [4.69, 9.17) is 5.73 Å². The molecule has 0 saturated heterocycles. The van der Waals surface area contributed by atoms with E-state index >= 15 is 0 Å². The molecule has 0 aliphatic heterocycles. The zero-order chi connectivity index (χ0) is 14.9. The van der Waals surface area contributed by atoms with Crippen molar-refractivity contribution in [1.82, 2.24) is 0 Å². The molecule has 0 spiro atoms. The summed E-state index contributed by atoms with van der Waals surface area (Å²) in [6.07, 6.45) is 0. The number of anilines is 2. The zero-order valence-electron chi connectivity index (χ0n) is 11.8. The van der Waals surface area contributed by atoms with E-state index in [0.29, 0.717) is 5.69 Å². The number of hydrogen-bond acceptors (Lipinski definition) is 4. The second-order valence-corrected chi connectivity index (χ2v) is 5.81. The molecule has 1 atom stereocenters. The van der Waals surface area contributed by atoms with Crippen LogP contribution in [-0.4, -0.2) is 18.1 Å². The fourth-order valence-electron chi connectivity index (χ4n) is 2.10. The number of aryl methyl sites for hydroxylation is 1. The lowest BCUT2D eigenvalue weighted by Crippen LogP contribution is -2.21. The Morgan fingerprint density at radius 2 is 2.15 bits per heavy atom. The summed E-state index contributed by atoms with van der Waals surface area (Å²) in [7, 11) is 1.96. The highest BCUT2D eigenvalue weighted by Gasteiger charge is 2.17. The Morgan fingerprint density at radius 1 is 1.45 bits per heavy atom. The lowest BCUT2D eigenvalue weighted by atomic mass is 10.1. The summed E-state index contributed by atoms with van der Waals surface area (Å²) in [4.78, 5) is 14.5. The molecule has 3 N–H and O–H groups in total. The highest BCUT2D eigenvalue weighted by atomic mass is 32.1. The minimum atomic E-state index is -0.996. The van der Waals surface area contributed by atoms with Gasteiger partial charge in [0.15, 0.2) is 0 Å². The topological polar surface area (TPSA) is 66.6 Å². The van der Waals surface area contributed by atoms with Crippen LogP contribution in [0.2, 0.25) is 0 Å². The third-order valence-electron chi connectivity index (χ3n) is 3.55. The molecule has 106 valence electrons. The van der Waals surface area contributed by atoms with E-state index in [1.54, 1.807) is 17.4 Å². The highest BCUT2D eigenvalue weighted by molar-refractivity contribution is 7.10. The largest absolute Gasteiger partial charge is 0.478 e. The van der Waals surface area contributed by atoms with Gasteiger partial charge in [-0.1, -0.05) is 6.07 Å². The predicted octanol–water partition coefficient (Wildman–Crippen LogP) is 3.53. The number of aromatic carboxylic acids is 1. The molecule has 20 heavy (non-hydrogen) atoms. The van der Waals surface area contributed by atoms with E-state index in [9.17, 15) is 9.90 Å². The first-order chi connectivity index (χ1) is 9.41. The van der Waals surface area contributed by atoms with Crippen LogP contribution in [0.25, 0.3) is 0 Å². The Morgan fingerprint density at radius 3 is 2.70 bits per heavy atom. The van der Waals surface area contributed by atoms with Crippen molar-refractivity contribution in [2.24, 2.45) is 0 Å². The van der Waals surface area contributed by atoms with E-state index in [-0.39, 0.29) is 11.6 Å². The van der Waals surface area contributed by atoms with Gasteiger partial charge in [-0.15, -0.1) is 11.3 Å². The van der Waals surface area contributed by atoms with Gasteiger partial charge in [-0.2, -0.15) is 0 Å². The first-order valence-corrected chi connectivity index (χ1v) is 7.19. The van der Waals surface area contributed by atoms with Crippen LogP contribution >= 0.6 is 11.3 Å². The van der Waals surface area contributed by atoms with Crippen LogP contribution in [0.15, 0.2) is 29.6 Å². The fraction of sp³-hybridized carbons (Fsp3) is 0.267. The average Bonchev–Trinajstić information content (AvgIpc) is 2.93. The smallest absolute Gasteiger partial charge is 0.337 e. The van der Waals surface area contributed by atoms with Crippen LogP contribution in [0.4, 0.5) is 11.4 Å². The maximum atomic E-state index is 11.3. The van der Waals surface area contributed by atoms with Crippen molar-refractivity contribution in [2.75, 3.05) is 17.7 Å². The van der Waals surface area contributed by atoms with Crippen molar-refractivity contribution in [1.29, 1.82) is 0 Å². The van der Waals surface area contributed by atoms with Crippen molar-refractivity contribution in [3.8, 4) is 0 Å². The second-order valence-electron chi connectivity index (χ2n) is 4.83. The van der Waals surface area contributed by atoms with Gasteiger partial charge in [0.25, 0.3) is 0 Å². The van der Waals surface area contributed by atoms with Crippen molar-refractivity contribution >= 4 is 28.7 Å². The molecule has 4 nitrogen and oxygen atoms in total. The summed E-state index contributed by atoms with van der Waals surface area (Å²) in [5, 5.41) is 11.3. The van der Waals surface area contributed by atoms with Gasteiger partial charge in [0, 0.05) is 23.3 Å². The standard InChI is InChI=1S/C15H18N2O2S/c1-9-7-11(8-12(14(9)16)15(18)19)17(3)10(2)13-5-4-6-20-13/h4-8,10H,16H2,1-3H3,(H,18,19). The molecule has 2 aromatic rings. The Bertz CT molecular complexity index is 623. The fourth-order valence-corrected chi connectivity index (χ4v) is 2.93. The SMILES string of the molecule is Cc1cc(N(C)C(C)c2cccs2)cc(C(=O)O)c1N. The molecule has 0 amide bonds. The maximum Gasteiger partial charge on any atom is 0.337 e. The van der Waals surface area contributed by atoms with Gasteiger partial charge in [-0.25, -0.2) is 4.79 Å². The number of rotatable bonds is 4. The van der Waals surface area contributed by atoms with Gasteiger partial charge in [0.2, 0.25) is 0 Å². The van der Waals surface area contributed by atoms with Crippen LogP contribution in [0.1, 0.15) is 33.8 Å². The van der Waals surface area contributed by atoms with Crippen molar-refractivity contribution < 1.29 is 9.90 Å². The molecule has 0 bridgehead atoms. The summed E-state index contributed by atoms with van der Waals surface area (Å²) in [5.74, 6) is -0.996. The number of hydrogen-bond donors (Lipinski definition) is 2. The Kier molecular flexibility index (Phi) is 3.99. The Labute approximate surface area is 122 Å². The number of carbonyl (C=O) groups is 1. The number of nitrogens with zero attached hydrogens (tertiary/aromatic N) is 1. The van der Waals surface area contributed by atoms with Gasteiger partial charge in [0.05, 0.1) is 11.6 Å². The Hall–Kier alpha value is -2.01. The Balaban J connectivity index is 2.40. The molecular formula is C15H18N2O2S. The normalized spacial score (nSPS) is 12.2. The molecule has 1 aromatic carbocycles. The number of carboxylic acids is 1. The van der Waals surface area contributed by atoms with Crippen molar-refractivity contribution in [3.05, 3.63) is 45.6 Å². The molecule has 0 fully saturated rings. The van der Waals surface area contributed by atoms with E-state index in [2.05, 4.69) is 17.9 Å². The summed E-state index contributed by atoms with van der Waals surface area (Å²) in [6, 6.07) is 7.83. The van der Waals surface area contributed by atoms with E-state index in [1.807, 2.05) is 31.5 Å². The third-order valence-corrected chi connectivity index (χ3v) is 4.59. The molecule has 1 unspecified atom stereocenters. The van der Waals surface area contributed by atoms with Gasteiger partial charge in [-0.3, -0.25) is 0 Å². The molecule has 5 heteroatoms. The molecule has 2 rings (SSSR count). The van der Waals surface area contributed by atoms with Gasteiger partial charge in [-0.05, 0) is 43.0 Å². The third kappa shape index (κ3) is 2.63. The van der Waals surface area contributed by atoms with E-state index in [0.717, 1.165) is 11.3 Å². The van der Waals surface area contributed by atoms with Crippen LogP contribution in [0.3, 0.4) is 0 Å². The van der Waals surface area contributed by atoms with E-state index < -0.39 is 5.97 Å². The molecule has 1 aromatic heterocycles. The molecule has 0 radical (unpaired) electrons. The van der Waals surface area contributed by atoms with Crippen molar-refractivity contribution in [3.63, 3.8) is 0 Å². The van der Waals surface area contributed by atoms with E-state index in [1.165, 1.54) is 4.88 Å². The average molecular weight is 290 g/mol. The molecule has 1 heterocycles. The summed E-state index contributed by atoms with van der Waals surface area (Å²) in [5.41, 5.74) is 7.95.